The Labute approximate surface area is 177 Å². The Morgan fingerprint density at radius 2 is 1.96 bits per heavy atom. The number of halogens is 2. The van der Waals surface area contributed by atoms with E-state index in [1.54, 1.807) is 4.57 Å². The van der Waals surface area contributed by atoms with Gasteiger partial charge in [0.05, 0.1) is 0 Å². The van der Waals surface area contributed by atoms with Crippen molar-refractivity contribution in [1.82, 2.24) is 9.55 Å². The van der Waals surface area contributed by atoms with Crippen LogP contribution in [0, 0.1) is 17.2 Å². The summed E-state index contributed by atoms with van der Waals surface area (Å²) in [4.78, 5) is 27.2. The van der Waals surface area contributed by atoms with Crippen LogP contribution in [0.15, 0.2) is 0 Å². The maximum atomic E-state index is 12.4. The Kier molecular flexibility index (Phi) is 6.54. The molecule has 1 aliphatic carbocycles. The van der Waals surface area contributed by atoms with Gasteiger partial charge in [0.2, 0.25) is 0 Å². The minimum absolute atomic E-state index is 0.0531. The summed E-state index contributed by atoms with van der Waals surface area (Å²) in [7, 11) is 0. The second-order valence-corrected chi connectivity index (χ2v) is 9.96. The molecule has 0 spiro atoms. The number of carboxylic acid groups (broad SMARTS) is 1. The SMILES string of the molecule is N#Cc1nc(C(=O)[AsH]CC(=O)O)c(O)c2c(Cl)c(Cl)n(CC3CCCCC3)c12. The number of hydrogen-bond acceptors (Lipinski definition) is 5. The third-order valence-electron chi connectivity index (χ3n) is 4.94. The van der Waals surface area contributed by atoms with Gasteiger partial charge in [0, 0.05) is 0 Å². The van der Waals surface area contributed by atoms with Crippen molar-refractivity contribution in [3.63, 3.8) is 0 Å². The van der Waals surface area contributed by atoms with Gasteiger partial charge in [-0.3, -0.25) is 0 Å². The van der Waals surface area contributed by atoms with Gasteiger partial charge in [0.1, 0.15) is 0 Å². The molecule has 10 heteroatoms. The van der Waals surface area contributed by atoms with E-state index >= 15 is 0 Å². The Balaban J connectivity index is 2.11. The van der Waals surface area contributed by atoms with Crippen LogP contribution in [0.2, 0.25) is 15.4 Å². The van der Waals surface area contributed by atoms with Crippen LogP contribution >= 0.6 is 23.2 Å². The second kappa shape index (κ2) is 8.73. The van der Waals surface area contributed by atoms with E-state index in [-0.39, 0.29) is 32.2 Å². The van der Waals surface area contributed by atoms with Crippen LogP contribution < -0.4 is 0 Å². The molecule has 1 saturated carbocycles. The van der Waals surface area contributed by atoms with E-state index in [1.165, 1.54) is 6.42 Å². The number of pyridine rings is 1. The number of nitrogens with zero attached hydrogens (tertiary/aromatic N) is 3. The fourth-order valence-corrected chi connectivity index (χ4v) is 5.53. The summed E-state index contributed by atoms with van der Waals surface area (Å²) in [5, 5.41) is 29.1. The van der Waals surface area contributed by atoms with Crippen LogP contribution in [0.1, 0.15) is 48.3 Å². The van der Waals surface area contributed by atoms with Crippen molar-refractivity contribution in [2.75, 3.05) is 0 Å². The van der Waals surface area contributed by atoms with Gasteiger partial charge < -0.3 is 0 Å². The first-order valence-electron chi connectivity index (χ1n) is 8.85. The molecule has 0 amide bonds. The van der Waals surface area contributed by atoms with Crippen LogP contribution in [0.4, 0.5) is 0 Å². The molecule has 3 rings (SSSR count). The Morgan fingerprint density at radius 1 is 1.29 bits per heavy atom. The molecule has 0 aliphatic heterocycles. The number of hydrogen-bond donors (Lipinski definition) is 2. The van der Waals surface area contributed by atoms with Crippen molar-refractivity contribution in [3.8, 4) is 11.8 Å². The monoisotopic (exact) mass is 485 g/mol. The van der Waals surface area contributed by atoms with Gasteiger partial charge in [0.15, 0.2) is 0 Å². The predicted octanol–water partition coefficient (Wildman–Crippen LogP) is 3.58. The number of carbonyl (C=O) groups excluding carboxylic acids is 1. The van der Waals surface area contributed by atoms with Gasteiger partial charge >= 0.3 is 178 Å². The number of aromatic nitrogens is 2. The molecule has 0 radical (unpaired) electrons. The number of carboxylic acids is 1. The topological polar surface area (TPSA) is 116 Å². The van der Waals surface area contributed by atoms with E-state index in [1.807, 2.05) is 6.07 Å². The van der Waals surface area contributed by atoms with E-state index < -0.39 is 32.0 Å². The average Bonchev–Trinajstić information content (AvgIpc) is 2.93. The summed E-state index contributed by atoms with van der Waals surface area (Å²) in [6.45, 7) is 0.554. The molecule has 7 nitrogen and oxygen atoms in total. The molecule has 2 aromatic rings. The van der Waals surface area contributed by atoms with Crippen molar-refractivity contribution >= 4 is 60.4 Å². The van der Waals surface area contributed by atoms with Gasteiger partial charge in [0.25, 0.3) is 0 Å². The number of aromatic hydroxyl groups is 1. The summed E-state index contributed by atoms with van der Waals surface area (Å²) in [6.07, 6.45) is 5.57. The third-order valence-corrected chi connectivity index (χ3v) is 7.97. The Hall–Kier alpha value is -1.74. The molecule has 1 atom stereocenters. The number of rotatable bonds is 6. The zero-order chi connectivity index (χ0) is 20.4. The van der Waals surface area contributed by atoms with Crippen molar-refractivity contribution < 1.29 is 19.8 Å². The van der Waals surface area contributed by atoms with Crippen molar-refractivity contribution in [1.29, 1.82) is 5.26 Å². The average molecular weight is 486 g/mol. The Morgan fingerprint density at radius 3 is 2.57 bits per heavy atom. The fourth-order valence-electron chi connectivity index (χ4n) is 3.63. The molecule has 2 N–H and O–H groups in total. The van der Waals surface area contributed by atoms with E-state index in [0.717, 1.165) is 25.7 Å². The van der Waals surface area contributed by atoms with Gasteiger partial charge in [-0.2, -0.15) is 0 Å². The van der Waals surface area contributed by atoms with Crippen LogP contribution in [0.3, 0.4) is 0 Å². The summed E-state index contributed by atoms with van der Waals surface area (Å²) >= 11 is 11.2. The van der Waals surface area contributed by atoms with Crippen LogP contribution in [-0.4, -0.2) is 46.1 Å². The summed E-state index contributed by atoms with van der Waals surface area (Å²) in [6, 6.07) is 1.96. The molecule has 0 bridgehead atoms. The van der Waals surface area contributed by atoms with E-state index in [0.29, 0.717) is 18.0 Å². The number of aliphatic carboxylic acids is 1. The molecular weight excluding hydrogens is 468 g/mol. The number of nitriles is 1. The second-order valence-electron chi connectivity index (χ2n) is 6.79. The fraction of sp³-hybridized carbons (Fsp3) is 0.444. The van der Waals surface area contributed by atoms with Crippen LogP contribution in [0.25, 0.3) is 10.9 Å². The molecule has 28 heavy (non-hydrogen) atoms. The zero-order valence-corrected chi connectivity index (χ0v) is 18.4. The predicted molar refractivity (Wildman–Crippen MR) is 107 cm³/mol. The first-order valence-corrected chi connectivity index (χ1v) is 12.1. The molecule has 148 valence electrons. The summed E-state index contributed by atoms with van der Waals surface area (Å²) < 4.78 is 1.15. The van der Waals surface area contributed by atoms with Crippen LogP contribution in [-0.2, 0) is 11.3 Å². The normalized spacial score (nSPS) is 15.3. The Bertz CT molecular complexity index is 993. The van der Waals surface area contributed by atoms with Crippen molar-refractivity contribution in [2.24, 2.45) is 5.92 Å². The molecule has 0 saturated heterocycles. The number of carbonyl (C=O) groups is 2. The molecule has 1 aliphatic rings. The molecule has 1 fully saturated rings. The summed E-state index contributed by atoms with van der Waals surface area (Å²) in [5.74, 6) is -1.15. The van der Waals surface area contributed by atoms with Gasteiger partial charge in [-0.1, -0.05) is 0 Å². The van der Waals surface area contributed by atoms with E-state index in [2.05, 4.69) is 4.98 Å². The van der Waals surface area contributed by atoms with E-state index in [9.17, 15) is 20.0 Å². The minimum atomic E-state index is -1.57. The third kappa shape index (κ3) is 4.00. The quantitative estimate of drug-likeness (QED) is 0.604. The molecule has 1 unspecified atom stereocenters. The van der Waals surface area contributed by atoms with Crippen LogP contribution in [0.5, 0.6) is 5.75 Å². The van der Waals surface area contributed by atoms with Crippen molar-refractivity contribution in [3.05, 3.63) is 21.6 Å². The standard InChI is InChI=1S/C18H18AsCl2N3O4/c20-13-12-15(24(18(13)21)8-9-4-2-1-3-5-9)10(7-22)23-14(16(12)27)17(28)19-6-11(25)26/h9,19,27H,1-6,8H2,(H,25,26). The molecule has 0 aromatic carbocycles. The molecule has 2 heterocycles. The molecular formula is C18H18AsCl2N3O4. The van der Waals surface area contributed by atoms with Crippen molar-refractivity contribution in [2.45, 2.75) is 43.9 Å². The first kappa shape index (κ1) is 21.0. The summed E-state index contributed by atoms with van der Waals surface area (Å²) in [5.41, 5.74) is -0.0447. The maximum absolute atomic E-state index is 12.4. The number of fused-ring (bicyclic) bond motifs is 1. The van der Waals surface area contributed by atoms with Gasteiger partial charge in [-0.25, -0.2) is 0 Å². The first-order chi connectivity index (χ1) is 13.3. The molecule has 2 aromatic heterocycles. The van der Waals surface area contributed by atoms with E-state index in [4.69, 9.17) is 28.3 Å². The zero-order valence-electron chi connectivity index (χ0n) is 14.8. The van der Waals surface area contributed by atoms with Gasteiger partial charge in [-0.05, 0) is 0 Å². The van der Waals surface area contributed by atoms with Gasteiger partial charge in [-0.15, -0.1) is 0 Å².